The molecule has 4 heteroatoms. The Labute approximate surface area is 117 Å². The van der Waals surface area contributed by atoms with Crippen LogP contribution in [0.4, 0.5) is 0 Å². The molecule has 0 radical (unpaired) electrons. The number of fused-ring (bicyclic) bond motifs is 3. The lowest BCUT2D eigenvalue weighted by Gasteiger charge is -2.54. The Hall–Kier alpha value is -0.193. The van der Waals surface area contributed by atoms with Crippen molar-refractivity contribution in [3.63, 3.8) is 0 Å². The number of rotatable bonds is 2. The summed E-state index contributed by atoms with van der Waals surface area (Å²) in [5.74, 6) is 0.0490. The van der Waals surface area contributed by atoms with Gasteiger partial charge in [-0.1, -0.05) is 27.7 Å². The third kappa shape index (κ3) is 2.55. The summed E-state index contributed by atoms with van der Waals surface area (Å²) >= 11 is 0. The van der Waals surface area contributed by atoms with Gasteiger partial charge < -0.3 is 9.53 Å². The van der Waals surface area contributed by atoms with Crippen LogP contribution in [-0.2, 0) is 9.22 Å². The predicted octanol–water partition coefficient (Wildman–Crippen LogP) is 3.13. The lowest BCUT2D eigenvalue weighted by atomic mass is 9.58. The number of carbonyl (C=O) groups is 1. The van der Waals surface area contributed by atoms with Gasteiger partial charge in [-0.2, -0.15) is 0 Å². The fourth-order valence-corrected chi connectivity index (χ4v) is 4.65. The zero-order valence-electron chi connectivity index (χ0n) is 13.1. The van der Waals surface area contributed by atoms with E-state index >= 15 is 0 Å². The summed E-state index contributed by atoms with van der Waals surface area (Å²) in [7, 11) is -1.81. The van der Waals surface area contributed by atoms with Gasteiger partial charge in [0.2, 0.25) is 0 Å². The highest BCUT2D eigenvalue weighted by Crippen LogP contribution is 2.52. The van der Waals surface area contributed by atoms with Gasteiger partial charge in [-0.25, -0.2) is 0 Å². The Kier molecular flexibility index (Phi) is 3.52. The van der Waals surface area contributed by atoms with Crippen LogP contribution >= 0.6 is 0 Å². The third-order valence-corrected chi connectivity index (χ3v) is 10.1. The van der Waals surface area contributed by atoms with Gasteiger partial charge in [0.1, 0.15) is 5.78 Å². The van der Waals surface area contributed by atoms with Crippen molar-refractivity contribution < 1.29 is 14.3 Å². The smallest absolute Gasteiger partial charge is 0.192 e. The summed E-state index contributed by atoms with van der Waals surface area (Å²) in [5, 5.41) is 10.2. The Morgan fingerprint density at radius 2 is 1.95 bits per heavy atom. The summed E-state index contributed by atoms with van der Waals surface area (Å²) in [6, 6.07) is 0. The molecule has 3 rings (SSSR count). The topological polar surface area (TPSA) is 46.5 Å². The minimum Gasteiger partial charge on any atom is -0.413 e. The fourth-order valence-electron chi connectivity index (χ4n) is 3.21. The van der Waals surface area contributed by atoms with Gasteiger partial charge in [0, 0.05) is 17.8 Å². The van der Waals surface area contributed by atoms with Gasteiger partial charge in [-0.3, -0.25) is 4.79 Å². The summed E-state index contributed by atoms with van der Waals surface area (Å²) in [6.45, 7) is 13.4. The third-order valence-electron chi connectivity index (χ3n) is 5.62. The summed E-state index contributed by atoms with van der Waals surface area (Å²) < 4.78 is 6.55. The molecule has 3 saturated carbocycles. The first-order valence-electron chi connectivity index (χ1n) is 7.35. The van der Waals surface area contributed by atoms with Crippen molar-refractivity contribution in [3.8, 4) is 0 Å². The van der Waals surface area contributed by atoms with Crippen LogP contribution in [0.2, 0.25) is 18.1 Å². The van der Waals surface area contributed by atoms with E-state index in [-0.39, 0.29) is 28.3 Å². The first-order chi connectivity index (χ1) is 8.46. The monoisotopic (exact) mass is 284 g/mol. The molecule has 3 nitrogen and oxygen atoms in total. The maximum absolute atomic E-state index is 12.0. The standard InChI is InChI=1S/C15H28O3Si/c1-14(2,3)19(5,6)18-13-7-10-11(16)8-15(13,4)9-12(10)17/h10-11,13,16H,7-9H2,1-6H3/t10-,11-,13-,15-/m0/s1. The molecule has 3 aliphatic rings. The molecule has 0 aromatic carbocycles. The van der Waals surface area contributed by atoms with E-state index in [1.165, 1.54) is 0 Å². The highest BCUT2D eigenvalue weighted by atomic mass is 28.4. The first kappa shape index (κ1) is 15.2. The van der Waals surface area contributed by atoms with Crippen LogP contribution in [-0.4, -0.2) is 31.4 Å². The number of ketones is 1. The Morgan fingerprint density at radius 3 is 2.37 bits per heavy atom. The van der Waals surface area contributed by atoms with Gasteiger partial charge in [0.25, 0.3) is 0 Å². The molecule has 0 spiro atoms. The molecule has 3 aliphatic carbocycles. The van der Waals surface area contributed by atoms with Crippen LogP contribution in [0.5, 0.6) is 0 Å². The van der Waals surface area contributed by atoms with Gasteiger partial charge in [-0.05, 0) is 31.0 Å². The number of hydrogen-bond donors (Lipinski definition) is 1. The number of Topliss-reactive ketones (excluding diaryl/α,β-unsaturated/α-hetero) is 1. The van der Waals surface area contributed by atoms with E-state index < -0.39 is 14.4 Å². The lowest BCUT2D eigenvalue weighted by molar-refractivity contribution is -0.157. The van der Waals surface area contributed by atoms with Crippen LogP contribution in [0.3, 0.4) is 0 Å². The van der Waals surface area contributed by atoms with Gasteiger partial charge >= 0.3 is 0 Å². The van der Waals surface area contributed by atoms with E-state index in [2.05, 4.69) is 40.8 Å². The Morgan fingerprint density at radius 1 is 1.37 bits per heavy atom. The second-order valence-electron chi connectivity index (χ2n) is 8.28. The van der Waals surface area contributed by atoms with Crippen LogP contribution < -0.4 is 0 Å². The molecule has 0 aromatic rings. The molecule has 0 unspecified atom stereocenters. The van der Waals surface area contributed by atoms with Crippen molar-refractivity contribution >= 4 is 14.1 Å². The minimum atomic E-state index is -1.81. The van der Waals surface area contributed by atoms with Crippen LogP contribution in [0.15, 0.2) is 0 Å². The highest BCUT2D eigenvalue weighted by Gasteiger charge is 2.55. The zero-order chi connectivity index (χ0) is 14.6. The average Bonchev–Trinajstić information content (AvgIpc) is 2.17. The average molecular weight is 284 g/mol. The summed E-state index contributed by atoms with van der Waals surface area (Å²) in [6.07, 6.45) is 1.68. The molecule has 0 aliphatic heterocycles. The van der Waals surface area contributed by atoms with Crippen LogP contribution in [0.25, 0.3) is 0 Å². The molecule has 19 heavy (non-hydrogen) atoms. The molecule has 0 aromatic heterocycles. The molecule has 0 saturated heterocycles. The van der Waals surface area contributed by atoms with E-state index in [9.17, 15) is 9.90 Å². The van der Waals surface area contributed by atoms with Crippen molar-refractivity contribution in [1.29, 1.82) is 0 Å². The molecule has 0 heterocycles. The van der Waals surface area contributed by atoms with Crippen molar-refractivity contribution in [2.75, 3.05) is 0 Å². The quantitative estimate of drug-likeness (QED) is 0.793. The van der Waals surface area contributed by atoms with Crippen LogP contribution in [0.1, 0.15) is 47.0 Å². The first-order valence-corrected chi connectivity index (χ1v) is 10.3. The summed E-state index contributed by atoms with van der Waals surface area (Å²) in [5.41, 5.74) is -0.166. The Balaban J connectivity index is 2.18. The maximum Gasteiger partial charge on any atom is 0.192 e. The molecule has 1 N–H and O–H groups in total. The second-order valence-corrected chi connectivity index (χ2v) is 13.0. The van der Waals surface area contributed by atoms with E-state index in [0.29, 0.717) is 19.3 Å². The van der Waals surface area contributed by atoms with Gasteiger partial charge in [0.15, 0.2) is 8.32 Å². The van der Waals surface area contributed by atoms with Crippen molar-refractivity contribution in [1.82, 2.24) is 0 Å². The van der Waals surface area contributed by atoms with Crippen LogP contribution in [0, 0.1) is 11.3 Å². The van der Waals surface area contributed by atoms with E-state index in [1.807, 2.05) is 0 Å². The second kappa shape index (κ2) is 4.40. The number of carbonyl (C=O) groups excluding carboxylic acids is 1. The number of hydrogen-bond acceptors (Lipinski definition) is 3. The van der Waals surface area contributed by atoms with Crippen molar-refractivity contribution in [2.45, 2.75) is 77.3 Å². The lowest BCUT2D eigenvalue weighted by Crippen LogP contribution is -2.59. The molecule has 0 amide bonds. The number of aliphatic hydroxyl groups is 1. The normalized spacial score (nSPS) is 39.7. The molecule has 4 atom stereocenters. The fraction of sp³-hybridized carbons (Fsp3) is 0.933. The van der Waals surface area contributed by atoms with E-state index in [0.717, 1.165) is 0 Å². The van der Waals surface area contributed by atoms with E-state index in [1.54, 1.807) is 0 Å². The molecule has 3 fully saturated rings. The van der Waals surface area contributed by atoms with Gasteiger partial charge in [-0.15, -0.1) is 0 Å². The predicted molar refractivity (Wildman–Crippen MR) is 78.5 cm³/mol. The highest BCUT2D eigenvalue weighted by molar-refractivity contribution is 6.74. The van der Waals surface area contributed by atoms with Crippen molar-refractivity contribution in [3.05, 3.63) is 0 Å². The largest absolute Gasteiger partial charge is 0.413 e. The molecular weight excluding hydrogens is 256 g/mol. The molecular formula is C15H28O3Si. The SMILES string of the molecule is CC(C)(C)[Si](C)(C)O[C@H]1C[C@@H]2C(=O)C[C@]1(C)C[C@@H]2O. The molecule has 2 bridgehead atoms. The molecule has 110 valence electrons. The van der Waals surface area contributed by atoms with Crippen molar-refractivity contribution in [2.24, 2.45) is 11.3 Å². The summed E-state index contributed by atoms with van der Waals surface area (Å²) in [4.78, 5) is 12.0. The van der Waals surface area contributed by atoms with E-state index in [4.69, 9.17) is 4.43 Å². The maximum atomic E-state index is 12.0. The van der Waals surface area contributed by atoms with Gasteiger partial charge in [0.05, 0.1) is 12.2 Å². The zero-order valence-corrected chi connectivity index (χ0v) is 14.1. The Bertz CT molecular complexity index is 385. The number of aliphatic hydroxyl groups excluding tert-OH is 1. The minimum absolute atomic E-state index is 0.138.